The summed E-state index contributed by atoms with van der Waals surface area (Å²) in [5, 5.41) is 12.5. The molecule has 0 spiro atoms. The summed E-state index contributed by atoms with van der Waals surface area (Å²) in [6.07, 6.45) is 3.04. The number of pyridine rings is 1. The molecule has 3 aromatic heterocycles. The van der Waals surface area contributed by atoms with E-state index in [4.69, 9.17) is 9.47 Å². The van der Waals surface area contributed by atoms with Crippen molar-refractivity contribution in [2.45, 2.75) is 50.9 Å². The summed E-state index contributed by atoms with van der Waals surface area (Å²) in [7, 11) is 0. The molecule has 0 unspecified atom stereocenters. The van der Waals surface area contributed by atoms with Gasteiger partial charge in [-0.25, -0.2) is 32.9 Å². The van der Waals surface area contributed by atoms with Crippen LogP contribution in [0.1, 0.15) is 57.5 Å². The molecule has 2 fully saturated rings. The van der Waals surface area contributed by atoms with Crippen molar-refractivity contribution in [3.8, 4) is 28.4 Å². The van der Waals surface area contributed by atoms with Gasteiger partial charge in [0.05, 0.1) is 45.6 Å². The fraction of sp³-hybridized carbons (Fsp3) is 0.243. The Morgan fingerprint density at radius 2 is 1.76 bits per heavy atom. The number of aromatic carboxylic acids is 1. The van der Waals surface area contributed by atoms with Crippen molar-refractivity contribution in [1.29, 1.82) is 0 Å². The second-order valence-corrected chi connectivity index (χ2v) is 13.2. The number of fused-ring (bicyclic) bond motifs is 1. The van der Waals surface area contributed by atoms with Gasteiger partial charge in [0.2, 0.25) is 5.88 Å². The molecule has 0 radical (unpaired) electrons. The quantitative estimate of drug-likeness (QED) is 0.147. The molecular weight excluding hydrogens is 653 g/mol. The van der Waals surface area contributed by atoms with Crippen molar-refractivity contribution < 1.29 is 32.5 Å². The van der Waals surface area contributed by atoms with Gasteiger partial charge in [-0.1, -0.05) is 18.2 Å². The number of ether oxygens (including phenoxy) is 2. The maximum atomic E-state index is 15.6. The van der Waals surface area contributed by atoms with Gasteiger partial charge in [0.1, 0.15) is 29.9 Å². The molecule has 0 bridgehead atoms. The van der Waals surface area contributed by atoms with E-state index in [1.807, 2.05) is 9.95 Å². The summed E-state index contributed by atoms with van der Waals surface area (Å²) < 4.78 is 59.4. The minimum absolute atomic E-state index is 0.0298. The number of benzene rings is 3. The summed E-state index contributed by atoms with van der Waals surface area (Å²) in [5.74, 6) is -1.72. The van der Waals surface area contributed by atoms with Gasteiger partial charge in [0.25, 0.3) is 0 Å². The van der Waals surface area contributed by atoms with Gasteiger partial charge in [-0.3, -0.25) is 0 Å². The minimum atomic E-state index is -1.07. The Hall–Kier alpha value is -5.07. The number of imidazole rings is 1. The lowest BCUT2D eigenvalue weighted by atomic mass is 10.0. The van der Waals surface area contributed by atoms with Crippen molar-refractivity contribution in [2.24, 2.45) is 0 Å². The van der Waals surface area contributed by atoms with Gasteiger partial charge in [-0.05, 0) is 67.3 Å². The Morgan fingerprint density at radius 1 is 0.918 bits per heavy atom. The lowest BCUT2D eigenvalue weighted by Crippen LogP contribution is -2.31. The van der Waals surface area contributed by atoms with Crippen molar-refractivity contribution >= 4 is 28.3 Å². The van der Waals surface area contributed by atoms with Crippen LogP contribution in [-0.2, 0) is 24.3 Å². The van der Waals surface area contributed by atoms with E-state index in [9.17, 15) is 9.90 Å². The Morgan fingerprint density at radius 3 is 2.51 bits per heavy atom. The van der Waals surface area contributed by atoms with Crippen LogP contribution in [-0.4, -0.2) is 43.3 Å². The first-order valence-corrected chi connectivity index (χ1v) is 16.8. The molecule has 2 aliphatic rings. The van der Waals surface area contributed by atoms with Crippen LogP contribution < -0.4 is 4.74 Å². The molecular formula is C37H29F3N4O4S. The van der Waals surface area contributed by atoms with Crippen molar-refractivity contribution in [3.05, 3.63) is 117 Å². The third-order valence-electron chi connectivity index (χ3n) is 8.91. The number of carbonyl (C=O) groups is 1. The Kier molecular flexibility index (Phi) is 8.12. The second kappa shape index (κ2) is 12.8. The van der Waals surface area contributed by atoms with Crippen molar-refractivity contribution in [2.75, 3.05) is 6.61 Å². The van der Waals surface area contributed by atoms with E-state index in [2.05, 4.69) is 15.0 Å². The molecule has 1 N–H and O–H groups in total. The number of carboxylic acids is 1. The van der Waals surface area contributed by atoms with E-state index in [0.29, 0.717) is 47.1 Å². The zero-order valence-corrected chi connectivity index (χ0v) is 26.9. The molecule has 3 aromatic carbocycles. The van der Waals surface area contributed by atoms with Crippen LogP contribution in [0, 0.1) is 17.5 Å². The number of hydrogen-bond acceptors (Lipinski definition) is 7. The van der Waals surface area contributed by atoms with E-state index >= 15 is 13.2 Å². The number of halogens is 3. The monoisotopic (exact) mass is 682 g/mol. The number of aromatic nitrogens is 4. The average molecular weight is 683 g/mol. The fourth-order valence-corrected chi connectivity index (χ4v) is 6.93. The topological polar surface area (TPSA) is 99.4 Å². The number of carboxylic acid groups (broad SMARTS) is 1. The zero-order valence-electron chi connectivity index (χ0n) is 26.0. The maximum Gasteiger partial charge on any atom is 0.335 e. The second-order valence-electron chi connectivity index (χ2n) is 12.3. The molecule has 1 saturated carbocycles. The SMILES string of the molecule is O=C(O)c1ccc2nc(Cc3cc(F)c(-c4cccc(OCc5ccc(-c6csc(C7CC7)n6)cc5F)n4)cc3F)n(C[C@@H]3CCO3)c2c1. The highest BCUT2D eigenvalue weighted by atomic mass is 32.1. The molecule has 248 valence electrons. The molecule has 8 nitrogen and oxygen atoms in total. The van der Waals surface area contributed by atoms with Crippen LogP contribution in [0.3, 0.4) is 0 Å². The molecule has 1 saturated heterocycles. The van der Waals surface area contributed by atoms with Crippen LogP contribution >= 0.6 is 11.3 Å². The molecule has 6 aromatic rings. The van der Waals surface area contributed by atoms with Crippen LogP contribution in [0.5, 0.6) is 5.88 Å². The molecule has 1 aliphatic heterocycles. The Bertz CT molecular complexity index is 2230. The normalized spacial score (nSPS) is 15.8. The third-order valence-corrected chi connectivity index (χ3v) is 9.92. The van der Waals surface area contributed by atoms with Crippen molar-refractivity contribution in [1.82, 2.24) is 19.5 Å². The highest BCUT2D eigenvalue weighted by Gasteiger charge is 2.27. The molecule has 1 aliphatic carbocycles. The Labute approximate surface area is 282 Å². The minimum Gasteiger partial charge on any atom is -0.478 e. The summed E-state index contributed by atoms with van der Waals surface area (Å²) in [6.45, 7) is 0.936. The number of hydrogen-bond donors (Lipinski definition) is 1. The number of thiazole rings is 1. The molecule has 1 atom stereocenters. The molecule has 49 heavy (non-hydrogen) atoms. The standard InChI is InChI=1S/C37H29F3N4O4S/c38-27-12-21(32-19-49-36(43-32)20-4-5-20)6-7-23(27)18-48-35-3-1-2-30(42-35)26-16-28(39)24(13-29(26)40)15-34-41-31-9-8-22(37(45)46)14-33(31)44(34)17-25-10-11-47-25/h1-3,6-9,12-14,16,19-20,25H,4-5,10-11,15,17-18H2,(H,45,46)/t25-/m0/s1. The highest BCUT2D eigenvalue weighted by molar-refractivity contribution is 7.10. The van der Waals surface area contributed by atoms with Crippen LogP contribution in [0.25, 0.3) is 33.5 Å². The predicted molar refractivity (Wildman–Crippen MR) is 177 cm³/mol. The summed E-state index contributed by atoms with van der Waals surface area (Å²) in [4.78, 5) is 25.3. The van der Waals surface area contributed by atoms with Gasteiger partial charge in [-0.2, -0.15) is 0 Å². The van der Waals surface area contributed by atoms with Gasteiger partial charge in [0, 0.05) is 47.1 Å². The van der Waals surface area contributed by atoms with Crippen molar-refractivity contribution in [3.63, 3.8) is 0 Å². The Balaban J connectivity index is 1.000. The average Bonchev–Trinajstić information content (AvgIpc) is 3.70. The third kappa shape index (κ3) is 6.41. The fourth-order valence-electron chi connectivity index (χ4n) is 5.93. The van der Waals surface area contributed by atoms with E-state index in [0.717, 1.165) is 42.1 Å². The molecule has 4 heterocycles. The van der Waals surface area contributed by atoms with E-state index < -0.39 is 23.4 Å². The molecule has 12 heteroatoms. The summed E-state index contributed by atoms with van der Waals surface area (Å²) in [6, 6.07) is 16.4. The largest absolute Gasteiger partial charge is 0.478 e. The first-order valence-electron chi connectivity index (χ1n) is 16.0. The van der Waals surface area contributed by atoms with Gasteiger partial charge in [-0.15, -0.1) is 11.3 Å². The van der Waals surface area contributed by atoms with E-state index in [1.165, 1.54) is 18.2 Å². The highest BCUT2D eigenvalue weighted by Crippen LogP contribution is 2.42. The smallest absolute Gasteiger partial charge is 0.335 e. The lowest BCUT2D eigenvalue weighted by molar-refractivity contribution is -0.0589. The number of nitrogens with zero attached hydrogens (tertiary/aromatic N) is 4. The van der Waals surface area contributed by atoms with Gasteiger partial charge >= 0.3 is 5.97 Å². The van der Waals surface area contributed by atoms with E-state index in [1.54, 1.807) is 47.7 Å². The van der Waals surface area contributed by atoms with E-state index in [-0.39, 0.29) is 47.4 Å². The predicted octanol–water partition coefficient (Wildman–Crippen LogP) is 8.17. The summed E-state index contributed by atoms with van der Waals surface area (Å²) >= 11 is 1.60. The summed E-state index contributed by atoms with van der Waals surface area (Å²) in [5.41, 5.74) is 3.19. The lowest BCUT2D eigenvalue weighted by Gasteiger charge is -2.27. The molecule has 8 rings (SSSR count). The van der Waals surface area contributed by atoms with Crippen LogP contribution in [0.15, 0.2) is 72.1 Å². The van der Waals surface area contributed by atoms with Crippen LogP contribution in [0.4, 0.5) is 13.2 Å². The first kappa shape index (κ1) is 31.2. The first-order chi connectivity index (χ1) is 23.8. The zero-order chi connectivity index (χ0) is 33.6. The molecule has 0 amide bonds. The van der Waals surface area contributed by atoms with Crippen LogP contribution in [0.2, 0.25) is 0 Å². The maximum absolute atomic E-state index is 15.6. The van der Waals surface area contributed by atoms with Gasteiger partial charge < -0.3 is 19.1 Å². The van der Waals surface area contributed by atoms with Gasteiger partial charge in [0.15, 0.2) is 0 Å². The number of rotatable bonds is 11.